The molecule has 0 saturated heterocycles. The van der Waals surface area contributed by atoms with Gasteiger partial charge in [-0.3, -0.25) is 0 Å². The van der Waals surface area contributed by atoms with Crippen LogP contribution in [-0.4, -0.2) is 85.6 Å². The highest BCUT2D eigenvalue weighted by molar-refractivity contribution is 5.88. The molecule has 10 nitrogen and oxygen atoms in total. The van der Waals surface area contributed by atoms with Crippen LogP contribution in [0.2, 0.25) is 0 Å². The lowest BCUT2D eigenvalue weighted by Gasteiger charge is -2.38. The Bertz CT molecular complexity index is 1590. The fourth-order valence-electron chi connectivity index (χ4n) is 8.19. The van der Waals surface area contributed by atoms with Crippen molar-refractivity contribution in [1.29, 1.82) is 0 Å². The first-order chi connectivity index (χ1) is 26.2. The van der Waals surface area contributed by atoms with Gasteiger partial charge in [-0.25, -0.2) is 4.99 Å². The van der Waals surface area contributed by atoms with Crippen LogP contribution in [0.5, 0.6) is 11.8 Å². The zero-order valence-corrected chi connectivity index (χ0v) is 33.7. The normalized spacial score (nSPS) is 23.9. The van der Waals surface area contributed by atoms with Crippen LogP contribution in [0.25, 0.3) is 0 Å². The summed E-state index contributed by atoms with van der Waals surface area (Å²) in [5, 5.41) is 27.3. The molecule has 4 N–H and O–H groups in total. The van der Waals surface area contributed by atoms with Gasteiger partial charge < -0.3 is 39.8 Å². The average Bonchev–Trinajstić information content (AvgIpc) is 3.21. The van der Waals surface area contributed by atoms with Crippen LogP contribution < -0.4 is 20.1 Å². The quantitative estimate of drug-likeness (QED) is 0.116. The summed E-state index contributed by atoms with van der Waals surface area (Å²) in [6.45, 7) is 11.1. The van der Waals surface area contributed by atoms with E-state index in [4.69, 9.17) is 23.9 Å². The van der Waals surface area contributed by atoms with Crippen molar-refractivity contribution in [2.45, 2.75) is 122 Å². The maximum absolute atomic E-state index is 10.1. The van der Waals surface area contributed by atoms with E-state index in [9.17, 15) is 10.2 Å². The Morgan fingerprint density at radius 1 is 1.04 bits per heavy atom. The standard InChI is InChI=1S/C44H66N4O6/c1-7-8-22-43(4,29-49)45-25-33-18-20-39(47-41(33)51-5)53-27-35-14-12-16-37(31(35)2)38-17-13-15-36(32(38)3)28-54-40-21-19-34(42(48-40)52-6)26-46-44(30-50)23-10-9-11-24-44/h13,15-16,18-21,34,38,42,45-46,49-50H,7-12,14,17,22-30H2,1-6H3. The van der Waals surface area contributed by atoms with E-state index in [2.05, 4.69) is 67.6 Å². The van der Waals surface area contributed by atoms with Crippen LogP contribution in [0.4, 0.5) is 0 Å². The summed E-state index contributed by atoms with van der Waals surface area (Å²) in [7, 11) is 3.33. The highest BCUT2D eigenvalue weighted by Gasteiger charge is 2.33. The molecule has 0 radical (unpaired) electrons. The van der Waals surface area contributed by atoms with Crippen LogP contribution in [0.1, 0.15) is 104 Å². The van der Waals surface area contributed by atoms with E-state index in [1.54, 1.807) is 14.2 Å². The molecule has 0 spiro atoms. The summed E-state index contributed by atoms with van der Waals surface area (Å²) >= 11 is 0. The summed E-state index contributed by atoms with van der Waals surface area (Å²) in [6, 6.07) is 3.90. The molecule has 5 rings (SSSR count). The highest BCUT2D eigenvalue weighted by atomic mass is 16.5. The van der Waals surface area contributed by atoms with Crippen molar-refractivity contribution in [1.82, 2.24) is 15.6 Å². The predicted molar refractivity (Wildman–Crippen MR) is 216 cm³/mol. The Morgan fingerprint density at radius 2 is 1.85 bits per heavy atom. The minimum absolute atomic E-state index is 0.0718. The number of hydrogen-bond donors (Lipinski definition) is 4. The largest absolute Gasteiger partial charge is 0.481 e. The van der Waals surface area contributed by atoms with E-state index in [0.717, 1.165) is 69.8 Å². The number of nitrogens with one attached hydrogen (secondary N) is 2. The SMILES string of the molecule is CCCCC(C)(CO)NCc1ccc(OCC2=C(C)C(C3CC=CC(COC4=NC(OC)C(CNC5(CO)CCCCC5)C=C4)=C3C)=CCC2)nc1OC. The monoisotopic (exact) mass is 746 g/mol. The summed E-state index contributed by atoms with van der Waals surface area (Å²) in [6.07, 6.45) is 22.1. The van der Waals surface area contributed by atoms with Crippen molar-refractivity contribution in [3.05, 3.63) is 75.9 Å². The smallest absolute Gasteiger partial charge is 0.220 e. The van der Waals surface area contributed by atoms with Crippen LogP contribution >= 0.6 is 0 Å². The van der Waals surface area contributed by atoms with Gasteiger partial charge in [0, 0.05) is 54.7 Å². The number of hydrogen-bond acceptors (Lipinski definition) is 10. The van der Waals surface area contributed by atoms with Crippen molar-refractivity contribution in [2.24, 2.45) is 16.8 Å². The number of aliphatic imine (C=N–C) groups is 1. The van der Waals surface area contributed by atoms with Gasteiger partial charge in [-0.2, -0.15) is 4.98 Å². The van der Waals surface area contributed by atoms with Crippen molar-refractivity contribution < 1.29 is 29.2 Å². The molecule has 3 aliphatic carbocycles. The molecule has 1 saturated carbocycles. The summed E-state index contributed by atoms with van der Waals surface area (Å²) in [5.74, 6) is 2.00. The number of aliphatic hydroxyl groups excluding tert-OH is 2. The van der Waals surface area contributed by atoms with Gasteiger partial charge in [-0.15, -0.1) is 0 Å². The number of rotatable bonds is 19. The third kappa shape index (κ3) is 10.7. The molecular formula is C44H66N4O6. The number of dihydropyridines is 1. The lowest BCUT2D eigenvalue weighted by atomic mass is 9.76. The lowest BCUT2D eigenvalue weighted by molar-refractivity contribution is 0.0593. The molecule has 0 bridgehead atoms. The number of aromatic nitrogens is 1. The Hall–Kier alpha value is -3.28. The molecule has 1 aromatic rings. The second kappa shape index (κ2) is 20.1. The van der Waals surface area contributed by atoms with Crippen molar-refractivity contribution in [3.63, 3.8) is 0 Å². The summed E-state index contributed by atoms with van der Waals surface area (Å²) in [4.78, 5) is 9.48. The zero-order chi connectivity index (χ0) is 38.6. The number of ether oxygens (including phenoxy) is 4. The van der Waals surface area contributed by atoms with E-state index in [0.29, 0.717) is 44.0 Å². The highest BCUT2D eigenvalue weighted by Crippen LogP contribution is 2.39. The minimum Gasteiger partial charge on any atom is -0.481 e. The molecule has 4 atom stereocenters. The molecule has 0 aromatic carbocycles. The van der Waals surface area contributed by atoms with Crippen LogP contribution in [0, 0.1) is 11.8 Å². The van der Waals surface area contributed by atoms with Gasteiger partial charge in [0.25, 0.3) is 0 Å². The number of allylic oxidation sites excluding steroid dienone is 5. The number of pyridine rings is 1. The van der Waals surface area contributed by atoms with Gasteiger partial charge in [0.15, 0.2) is 6.23 Å². The Balaban J connectivity index is 1.17. The Kier molecular flexibility index (Phi) is 15.5. The number of aliphatic hydroxyl groups is 2. The zero-order valence-electron chi connectivity index (χ0n) is 33.7. The molecular weight excluding hydrogens is 681 g/mol. The van der Waals surface area contributed by atoms with E-state index < -0.39 is 0 Å². The maximum Gasteiger partial charge on any atom is 0.220 e. The number of nitrogens with zero attached hydrogens (tertiary/aromatic N) is 2. The molecule has 1 aromatic heterocycles. The predicted octanol–water partition coefficient (Wildman–Crippen LogP) is 7.29. The first kappa shape index (κ1) is 41.9. The molecule has 54 heavy (non-hydrogen) atoms. The fourth-order valence-corrected chi connectivity index (χ4v) is 8.19. The first-order valence-electron chi connectivity index (χ1n) is 20.2. The number of unbranched alkanes of at least 4 members (excludes halogenated alkanes) is 1. The first-order valence-corrected chi connectivity index (χ1v) is 20.2. The molecule has 1 fully saturated rings. The summed E-state index contributed by atoms with van der Waals surface area (Å²) < 4.78 is 24.0. The van der Waals surface area contributed by atoms with E-state index in [1.165, 1.54) is 34.3 Å². The van der Waals surface area contributed by atoms with Crippen LogP contribution in [-0.2, 0) is 16.0 Å². The third-order valence-electron chi connectivity index (χ3n) is 12.1. The molecule has 1 aliphatic heterocycles. The van der Waals surface area contributed by atoms with E-state index >= 15 is 0 Å². The second-order valence-corrected chi connectivity index (χ2v) is 15.9. The van der Waals surface area contributed by atoms with Gasteiger partial charge in [-0.05, 0) is 93.7 Å². The van der Waals surface area contributed by atoms with Crippen molar-refractivity contribution >= 4 is 5.90 Å². The number of methoxy groups -OCH3 is 2. The molecule has 4 aliphatic rings. The molecule has 0 amide bonds. The minimum atomic E-state index is -0.348. The molecule has 4 unspecified atom stereocenters. The van der Waals surface area contributed by atoms with Gasteiger partial charge in [0.2, 0.25) is 17.7 Å². The topological polar surface area (TPSA) is 127 Å². The molecule has 10 heteroatoms. The Labute approximate surface area is 323 Å². The lowest BCUT2D eigenvalue weighted by Crippen LogP contribution is -2.52. The van der Waals surface area contributed by atoms with Gasteiger partial charge in [0.05, 0.1) is 20.3 Å². The van der Waals surface area contributed by atoms with Gasteiger partial charge >= 0.3 is 0 Å². The van der Waals surface area contributed by atoms with E-state index in [1.807, 2.05) is 18.2 Å². The van der Waals surface area contributed by atoms with Crippen LogP contribution in [0.3, 0.4) is 0 Å². The summed E-state index contributed by atoms with van der Waals surface area (Å²) in [5.41, 5.74) is 6.84. The Morgan fingerprint density at radius 3 is 2.57 bits per heavy atom. The maximum atomic E-state index is 10.1. The fraction of sp³-hybridized carbons (Fsp3) is 0.636. The van der Waals surface area contributed by atoms with Gasteiger partial charge in [-0.1, -0.05) is 68.9 Å². The average molecular weight is 747 g/mol. The van der Waals surface area contributed by atoms with Crippen molar-refractivity contribution in [2.75, 3.05) is 47.2 Å². The molecule has 2 heterocycles. The van der Waals surface area contributed by atoms with Crippen molar-refractivity contribution in [3.8, 4) is 11.8 Å². The van der Waals surface area contributed by atoms with Gasteiger partial charge in [0.1, 0.15) is 13.2 Å². The third-order valence-corrected chi connectivity index (χ3v) is 12.1. The van der Waals surface area contributed by atoms with E-state index in [-0.39, 0.29) is 42.4 Å². The molecule has 298 valence electrons. The second-order valence-electron chi connectivity index (χ2n) is 15.9. The van der Waals surface area contributed by atoms with Crippen LogP contribution in [0.15, 0.2) is 75.4 Å².